The zero-order valence-corrected chi connectivity index (χ0v) is 11.9. The van der Waals surface area contributed by atoms with Gasteiger partial charge < -0.3 is 10.2 Å². The number of halogens is 4. The van der Waals surface area contributed by atoms with Crippen molar-refractivity contribution in [2.24, 2.45) is 0 Å². The van der Waals surface area contributed by atoms with Crippen LogP contribution in [0, 0.1) is 5.82 Å². The van der Waals surface area contributed by atoms with Crippen molar-refractivity contribution in [3.8, 4) is 0 Å². The summed E-state index contributed by atoms with van der Waals surface area (Å²) < 4.78 is 51.0. The molecule has 1 fully saturated rings. The number of piperazine rings is 1. The molecule has 0 radical (unpaired) electrons. The van der Waals surface area contributed by atoms with Crippen molar-refractivity contribution in [1.82, 2.24) is 10.2 Å². The highest BCUT2D eigenvalue weighted by molar-refractivity contribution is 5.54. The van der Waals surface area contributed by atoms with Gasteiger partial charge in [0.1, 0.15) is 5.82 Å². The van der Waals surface area contributed by atoms with E-state index in [2.05, 4.69) is 5.32 Å². The van der Waals surface area contributed by atoms with Gasteiger partial charge in [0.05, 0.1) is 6.54 Å². The molecule has 1 saturated heterocycles. The third kappa shape index (κ3) is 4.31. The molecule has 1 aromatic rings. The van der Waals surface area contributed by atoms with Crippen LogP contribution in [0.2, 0.25) is 0 Å². The van der Waals surface area contributed by atoms with Crippen LogP contribution in [0.1, 0.15) is 5.56 Å². The molecular weight excluding hydrogens is 286 g/mol. The first-order valence-corrected chi connectivity index (χ1v) is 6.87. The molecular formula is C14H19F4N3. The van der Waals surface area contributed by atoms with Crippen molar-refractivity contribution in [3.05, 3.63) is 29.6 Å². The molecule has 0 saturated carbocycles. The second kappa shape index (κ2) is 6.62. The van der Waals surface area contributed by atoms with E-state index in [1.807, 2.05) is 11.0 Å². The second-order valence-corrected chi connectivity index (χ2v) is 5.15. The normalized spacial score (nSPS) is 17.3. The minimum Gasteiger partial charge on any atom is -0.369 e. The van der Waals surface area contributed by atoms with Crippen LogP contribution in [-0.2, 0) is 6.54 Å². The zero-order valence-electron chi connectivity index (χ0n) is 11.9. The first kappa shape index (κ1) is 16.0. The van der Waals surface area contributed by atoms with Crippen LogP contribution < -0.4 is 10.2 Å². The Morgan fingerprint density at radius 3 is 2.38 bits per heavy atom. The van der Waals surface area contributed by atoms with Crippen molar-refractivity contribution in [2.75, 3.05) is 44.7 Å². The van der Waals surface area contributed by atoms with E-state index in [1.54, 1.807) is 13.1 Å². The molecule has 0 atom stereocenters. The number of anilines is 1. The maximum absolute atomic E-state index is 13.9. The zero-order chi connectivity index (χ0) is 15.5. The SMILES string of the molecule is CNCc1c(F)cccc1N1CCN(CC(F)(F)F)CC1. The molecule has 7 heteroatoms. The monoisotopic (exact) mass is 305 g/mol. The van der Waals surface area contributed by atoms with Crippen LogP contribution in [0.25, 0.3) is 0 Å². The number of hydrogen-bond donors (Lipinski definition) is 1. The summed E-state index contributed by atoms with van der Waals surface area (Å²) in [5.74, 6) is -0.292. The van der Waals surface area contributed by atoms with Gasteiger partial charge in [0.15, 0.2) is 0 Å². The van der Waals surface area contributed by atoms with Gasteiger partial charge in [-0.25, -0.2) is 4.39 Å². The highest BCUT2D eigenvalue weighted by Gasteiger charge is 2.32. The third-order valence-electron chi connectivity index (χ3n) is 3.56. The first-order valence-electron chi connectivity index (χ1n) is 6.87. The van der Waals surface area contributed by atoms with Gasteiger partial charge in [-0.3, -0.25) is 4.90 Å². The molecule has 1 heterocycles. The van der Waals surface area contributed by atoms with Crippen molar-refractivity contribution in [1.29, 1.82) is 0 Å². The fourth-order valence-electron chi connectivity index (χ4n) is 2.60. The molecule has 21 heavy (non-hydrogen) atoms. The quantitative estimate of drug-likeness (QED) is 0.861. The van der Waals surface area contributed by atoms with Gasteiger partial charge >= 0.3 is 6.18 Å². The van der Waals surface area contributed by atoms with E-state index in [0.29, 0.717) is 38.3 Å². The Bertz CT molecular complexity index is 468. The van der Waals surface area contributed by atoms with E-state index >= 15 is 0 Å². The van der Waals surface area contributed by atoms with Crippen molar-refractivity contribution in [2.45, 2.75) is 12.7 Å². The molecule has 1 N–H and O–H groups in total. The number of benzene rings is 1. The summed E-state index contributed by atoms with van der Waals surface area (Å²) in [6.07, 6.45) is -4.17. The van der Waals surface area contributed by atoms with Crippen molar-refractivity contribution >= 4 is 5.69 Å². The fourth-order valence-corrected chi connectivity index (χ4v) is 2.60. The maximum atomic E-state index is 13.9. The molecule has 1 aliphatic heterocycles. The van der Waals surface area contributed by atoms with Crippen LogP contribution in [-0.4, -0.2) is 50.8 Å². The lowest BCUT2D eigenvalue weighted by atomic mass is 10.1. The average Bonchev–Trinajstić information content (AvgIpc) is 2.40. The predicted octanol–water partition coefficient (Wildman–Crippen LogP) is 2.23. The van der Waals surface area contributed by atoms with Gasteiger partial charge in [-0.05, 0) is 19.2 Å². The van der Waals surface area contributed by atoms with E-state index in [9.17, 15) is 17.6 Å². The number of nitrogens with one attached hydrogen (secondary N) is 1. The minimum atomic E-state index is -4.17. The molecule has 0 bridgehead atoms. The Labute approximate surface area is 121 Å². The number of alkyl halides is 3. The number of hydrogen-bond acceptors (Lipinski definition) is 3. The lowest BCUT2D eigenvalue weighted by molar-refractivity contribution is -0.146. The summed E-state index contributed by atoms with van der Waals surface area (Å²) in [5.41, 5.74) is 1.32. The molecule has 118 valence electrons. The summed E-state index contributed by atoms with van der Waals surface area (Å²) in [4.78, 5) is 3.33. The van der Waals surface area contributed by atoms with Crippen LogP contribution in [0.4, 0.5) is 23.2 Å². The average molecular weight is 305 g/mol. The molecule has 3 nitrogen and oxygen atoms in total. The standard InChI is InChI=1S/C14H19F4N3/c1-19-9-11-12(15)3-2-4-13(11)21-7-5-20(6-8-21)10-14(16,17)18/h2-4,19H,5-10H2,1H3. The molecule has 2 rings (SSSR count). The number of rotatable bonds is 4. The van der Waals surface area contributed by atoms with Crippen molar-refractivity contribution < 1.29 is 17.6 Å². The van der Waals surface area contributed by atoms with Gasteiger partial charge in [0.2, 0.25) is 0 Å². The van der Waals surface area contributed by atoms with Crippen LogP contribution in [0.5, 0.6) is 0 Å². The summed E-state index contributed by atoms with van der Waals surface area (Å²) >= 11 is 0. The maximum Gasteiger partial charge on any atom is 0.401 e. The third-order valence-corrected chi connectivity index (χ3v) is 3.56. The summed E-state index contributed by atoms with van der Waals surface area (Å²) in [6.45, 7) is 1.11. The van der Waals surface area contributed by atoms with E-state index in [1.165, 1.54) is 11.0 Å². The Kier molecular flexibility index (Phi) is 5.05. The molecule has 0 unspecified atom stereocenters. The Balaban J connectivity index is 2.04. The molecule has 1 aliphatic rings. The first-order chi connectivity index (χ1) is 9.90. The predicted molar refractivity (Wildman–Crippen MR) is 73.9 cm³/mol. The van der Waals surface area contributed by atoms with Gasteiger partial charge in [-0.2, -0.15) is 13.2 Å². The fraction of sp³-hybridized carbons (Fsp3) is 0.571. The smallest absolute Gasteiger partial charge is 0.369 e. The van der Waals surface area contributed by atoms with Gasteiger partial charge in [0.25, 0.3) is 0 Å². The van der Waals surface area contributed by atoms with E-state index in [-0.39, 0.29) is 5.82 Å². The lowest BCUT2D eigenvalue weighted by Crippen LogP contribution is -2.49. The van der Waals surface area contributed by atoms with Gasteiger partial charge in [0, 0.05) is 44.0 Å². The topological polar surface area (TPSA) is 18.5 Å². The van der Waals surface area contributed by atoms with Crippen LogP contribution >= 0.6 is 0 Å². The lowest BCUT2D eigenvalue weighted by Gasteiger charge is -2.37. The Hall–Kier alpha value is -1.34. The Morgan fingerprint density at radius 2 is 1.81 bits per heavy atom. The van der Waals surface area contributed by atoms with Gasteiger partial charge in [-0.15, -0.1) is 0 Å². The second-order valence-electron chi connectivity index (χ2n) is 5.15. The molecule has 1 aromatic carbocycles. The van der Waals surface area contributed by atoms with Crippen LogP contribution in [0.15, 0.2) is 18.2 Å². The molecule has 0 spiro atoms. The highest BCUT2D eigenvalue weighted by atomic mass is 19.4. The minimum absolute atomic E-state index is 0.292. The summed E-state index contributed by atoms with van der Waals surface area (Å²) in [6, 6.07) is 4.84. The molecule has 0 aliphatic carbocycles. The summed E-state index contributed by atoms with van der Waals surface area (Å²) in [5, 5.41) is 2.92. The largest absolute Gasteiger partial charge is 0.401 e. The number of nitrogens with zero attached hydrogens (tertiary/aromatic N) is 2. The van der Waals surface area contributed by atoms with E-state index in [4.69, 9.17) is 0 Å². The highest BCUT2D eigenvalue weighted by Crippen LogP contribution is 2.25. The van der Waals surface area contributed by atoms with Gasteiger partial charge in [-0.1, -0.05) is 6.07 Å². The molecule has 0 amide bonds. The van der Waals surface area contributed by atoms with Crippen LogP contribution in [0.3, 0.4) is 0 Å². The van der Waals surface area contributed by atoms with E-state index in [0.717, 1.165) is 5.69 Å². The Morgan fingerprint density at radius 1 is 1.14 bits per heavy atom. The summed E-state index contributed by atoms with van der Waals surface area (Å²) in [7, 11) is 1.73. The van der Waals surface area contributed by atoms with Crippen molar-refractivity contribution in [3.63, 3.8) is 0 Å². The van der Waals surface area contributed by atoms with E-state index < -0.39 is 12.7 Å². The molecule has 0 aromatic heterocycles.